The van der Waals surface area contributed by atoms with Crippen LogP contribution in [0, 0.1) is 11.7 Å². The summed E-state index contributed by atoms with van der Waals surface area (Å²) in [6.45, 7) is 2.20. The van der Waals surface area contributed by atoms with E-state index in [1.54, 1.807) is 0 Å². The Morgan fingerprint density at radius 3 is 2.70 bits per heavy atom. The second-order valence-corrected chi connectivity index (χ2v) is 4.40. The van der Waals surface area contributed by atoms with Gasteiger partial charge in [-0.15, -0.1) is 0 Å². The molecule has 5 nitrogen and oxygen atoms in total. The summed E-state index contributed by atoms with van der Waals surface area (Å²) in [5.41, 5.74) is 5.66. The Kier molecular flexibility index (Phi) is 6.11. The number of halogens is 1. The zero-order valence-corrected chi connectivity index (χ0v) is 11.6. The molecule has 20 heavy (non-hydrogen) atoms. The molecule has 0 radical (unpaired) electrons. The summed E-state index contributed by atoms with van der Waals surface area (Å²) in [5, 5.41) is 2.63. The number of nitrogens with two attached hydrogens (primary N) is 1. The van der Waals surface area contributed by atoms with Gasteiger partial charge in [0.25, 0.3) is 0 Å². The Hall–Kier alpha value is -1.95. The van der Waals surface area contributed by atoms with Crippen molar-refractivity contribution < 1.29 is 18.7 Å². The molecule has 0 heterocycles. The fourth-order valence-electron chi connectivity index (χ4n) is 1.82. The summed E-state index contributed by atoms with van der Waals surface area (Å²) in [6.07, 6.45) is 1.51. The highest BCUT2D eigenvalue weighted by atomic mass is 19.1. The number of methoxy groups -OCH3 is 1. The van der Waals surface area contributed by atoms with Crippen molar-refractivity contribution in [3.05, 3.63) is 29.6 Å². The zero-order valence-electron chi connectivity index (χ0n) is 11.6. The van der Waals surface area contributed by atoms with E-state index in [1.807, 2.05) is 6.92 Å². The van der Waals surface area contributed by atoms with Crippen molar-refractivity contribution in [3.8, 4) is 0 Å². The Balaban J connectivity index is 2.87. The maximum atomic E-state index is 13.5. The van der Waals surface area contributed by atoms with Crippen molar-refractivity contribution >= 4 is 17.6 Å². The van der Waals surface area contributed by atoms with Gasteiger partial charge in [-0.3, -0.25) is 4.79 Å². The molecule has 1 aromatic rings. The summed E-state index contributed by atoms with van der Waals surface area (Å²) in [5.74, 6) is -2.02. The summed E-state index contributed by atoms with van der Waals surface area (Å²) < 4.78 is 17.9. The van der Waals surface area contributed by atoms with E-state index >= 15 is 0 Å². The highest BCUT2D eigenvalue weighted by Gasteiger charge is 2.18. The van der Waals surface area contributed by atoms with Crippen LogP contribution >= 0.6 is 0 Å². The molecule has 1 unspecified atom stereocenters. The molecule has 0 spiro atoms. The monoisotopic (exact) mass is 282 g/mol. The number of hydrogen-bond donors (Lipinski definition) is 2. The summed E-state index contributed by atoms with van der Waals surface area (Å²) in [6, 6.07) is 3.75. The van der Waals surface area contributed by atoms with Gasteiger partial charge in [-0.1, -0.05) is 13.3 Å². The maximum Gasteiger partial charge on any atom is 0.340 e. The van der Waals surface area contributed by atoms with Gasteiger partial charge in [0.05, 0.1) is 18.6 Å². The molecular weight excluding hydrogens is 263 g/mol. The molecule has 0 saturated heterocycles. The lowest BCUT2D eigenvalue weighted by atomic mass is 10.0. The average molecular weight is 282 g/mol. The Morgan fingerprint density at radius 1 is 1.45 bits per heavy atom. The quantitative estimate of drug-likeness (QED) is 0.781. The molecule has 0 aliphatic carbocycles. The highest BCUT2D eigenvalue weighted by Crippen LogP contribution is 2.17. The van der Waals surface area contributed by atoms with Crippen LogP contribution in [0.4, 0.5) is 10.1 Å². The third-order valence-electron chi connectivity index (χ3n) is 2.93. The van der Waals surface area contributed by atoms with E-state index in [-0.39, 0.29) is 23.9 Å². The van der Waals surface area contributed by atoms with Gasteiger partial charge in [0, 0.05) is 12.2 Å². The minimum Gasteiger partial charge on any atom is -0.465 e. The SMILES string of the molecule is CCCC(CN)C(=O)Nc1ccc(F)c(C(=O)OC)c1. The van der Waals surface area contributed by atoms with Gasteiger partial charge in [-0.2, -0.15) is 0 Å². The number of carbonyl (C=O) groups is 2. The molecule has 0 fully saturated rings. The first-order valence-electron chi connectivity index (χ1n) is 6.42. The maximum absolute atomic E-state index is 13.5. The number of anilines is 1. The van der Waals surface area contributed by atoms with Crippen molar-refractivity contribution in [2.45, 2.75) is 19.8 Å². The first kappa shape index (κ1) is 16.1. The Labute approximate surface area is 117 Å². The van der Waals surface area contributed by atoms with E-state index in [0.717, 1.165) is 12.5 Å². The first-order valence-corrected chi connectivity index (χ1v) is 6.42. The van der Waals surface area contributed by atoms with Crippen molar-refractivity contribution in [1.82, 2.24) is 0 Å². The van der Waals surface area contributed by atoms with E-state index in [1.165, 1.54) is 19.2 Å². The molecule has 110 valence electrons. The largest absolute Gasteiger partial charge is 0.465 e. The molecule has 1 atom stereocenters. The third-order valence-corrected chi connectivity index (χ3v) is 2.93. The molecule has 1 rings (SSSR count). The number of esters is 1. The van der Waals surface area contributed by atoms with Crippen LogP contribution in [0.25, 0.3) is 0 Å². The van der Waals surface area contributed by atoms with Gasteiger partial charge in [0.15, 0.2) is 0 Å². The number of amides is 1. The fourth-order valence-corrected chi connectivity index (χ4v) is 1.82. The first-order chi connectivity index (χ1) is 9.53. The summed E-state index contributed by atoms with van der Waals surface area (Å²) in [7, 11) is 1.17. The lowest BCUT2D eigenvalue weighted by Crippen LogP contribution is -2.29. The van der Waals surface area contributed by atoms with Gasteiger partial charge in [-0.25, -0.2) is 9.18 Å². The van der Waals surface area contributed by atoms with Crippen molar-refractivity contribution in [2.75, 3.05) is 19.0 Å². The van der Waals surface area contributed by atoms with Crippen molar-refractivity contribution in [2.24, 2.45) is 11.7 Å². The van der Waals surface area contributed by atoms with E-state index in [4.69, 9.17) is 5.73 Å². The Morgan fingerprint density at radius 2 is 2.15 bits per heavy atom. The van der Waals surface area contributed by atoms with Crippen LogP contribution in [0.3, 0.4) is 0 Å². The Bertz CT molecular complexity index is 491. The molecule has 6 heteroatoms. The lowest BCUT2D eigenvalue weighted by molar-refractivity contribution is -0.119. The van der Waals surface area contributed by atoms with Gasteiger partial charge >= 0.3 is 5.97 Å². The molecule has 0 saturated carbocycles. The minimum atomic E-state index is -0.789. The molecule has 0 aliphatic rings. The lowest BCUT2D eigenvalue weighted by Gasteiger charge is -2.14. The van der Waals surface area contributed by atoms with E-state index in [9.17, 15) is 14.0 Å². The van der Waals surface area contributed by atoms with Gasteiger partial charge in [0.1, 0.15) is 5.82 Å². The van der Waals surface area contributed by atoms with Crippen LogP contribution in [0.1, 0.15) is 30.1 Å². The average Bonchev–Trinajstić information content (AvgIpc) is 2.45. The van der Waals surface area contributed by atoms with Crippen molar-refractivity contribution in [3.63, 3.8) is 0 Å². The van der Waals surface area contributed by atoms with Crippen LogP contribution < -0.4 is 11.1 Å². The van der Waals surface area contributed by atoms with Crippen LogP contribution in [-0.4, -0.2) is 25.5 Å². The topological polar surface area (TPSA) is 81.4 Å². The smallest absolute Gasteiger partial charge is 0.340 e. The molecular formula is C14H19FN2O3. The van der Waals surface area contributed by atoms with Crippen LogP contribution in [-0.2, 0) is 9.53 Å². The van der Waals surface area contributed by atoms with Crippen LogP contribution in [0.15, 0.2) is 18.2 Å². The van der Waals surface area contributed by atoms with E-state index in [2.05, 4.69) is 10.1 Å². The predicted octanol–water partition coefficient (Wildman–Crippen LogP) is 1.93. The standard InChI is InChI=1S/C14H19FN2O3/c1-3-4-9(8-16)13(18)17-10-5-6-12(15)11(7-10)14(19)20-2/h5-7,9H,3-4,8,16H2,1-2H3,(H,17,18). The second kappa shape index (κ2) is 7.59. The molecule has 1 aromatic carbocycles. The number of ether oxygens (including phenoxy) is 1. The number of benzene rings is 1. The molecule has 3 N–H and O–H groups in total. The van der Waals surface area contributed by atoms with Gasteiger partial charge in [-0.05, 0) is 24.6 Å². The van der Waals surface area contributed by atoms with Crippen molar-refractivity contribution in [1.29, 1.82) is 0 Å². The molecule has 1 amide bonds. The number of rotatable bonds is 6. The van der Waals surface area contributed by atoms with Gasteiger partial charge in [0.2, 0.25) is 5.91 Å². The number of carbonyl (C=O) groups excluding carboxylic acids is 2. The third kappa shape index (κ3) is 4.03. The predicted molar refractivity (Wildman–Crippen MR) is 73.8 cm³/mol. The molecule has 0 aromatic heterocycles. The normalized spacial score (nSPS) is 11.8. The second-order valence-electron chi connectivity index (χ2n) is 4.40. The minimum absolute atomic E-state index is 0.218. The molecule has 0 aliphatic heterocycles. The summed E-state index contributed by atoms with van der Waals surface area (Å²) >= 11 is 0. The zero-order chi connectivity index (χ0) is 15.1. The van der Waals surface area contributed by atoms with E-state index in [0.29, 0.717) is 12.1 Å². The molecule has 0 bridgehead atoms. The fraction of sp³-hybridized carbons (Fsp3) is 0.429. The van der Waals surface area contributed by atoms with E-state index < -0.39 is 11.8 Å². The highest BCUT2D eigenvalue weighted by molar-refractivity contribution is 5.95. The number of hydrogen-bond acceptors (Lipinski definition) is 4. The number of nitrogens with one attached hydrogen (secondary N) is 1. The summed E-state index contributed by atoms with van der Waals surface area (Å²) in [4.78, 5) is 23.3. The van der Waals surface area contributed by atoms with Gasteiger partial charge < -0.3 is 15.8 Å². The van der Waals surface area contributed by atoms with Crippen LogP contribution in [0.5, 0.6) is 0 Å². The van der Waals surface area contributed by atoms with Crippen LogP contribution in [0.2, 0.25) is 0 Å².